The summed E-state index contributed by atoms with van der Waals surface area (Å²) in [5.74, 6) is 0.919. The maximum absolute atomic E-state index is 5.40. The normalized spacial score (nSPS) is 26.1. The van der Waals surface area contributed by atoms with Gasteiger partial charge >= 0.3 is 0 Å². The van der Waals surface area contributed by atoms with E-state index in [-0.39, 0.29) is 0 Å². The van der Waals surface area contributed by atoms with Crippen LogP contribution in [0.3, 0.4) is 0 Å². The number of hydrogen-bond donors (Lipinski definition) is 1. The molecule has 94 valence electrons. The van der Waals surface area contributed by atoms with Crippen LogP contribution in [0, 0.1) is 5.92 Å². The lowest BCUT2D eigenvalue weighted by atomic mass is 9.97. The molecular formula is C13H26N2O. The molecule has 2 aliphatic rings. The second-order valence-corrected chi connectivity index (χ2v) is 5.12. The summed E-state index contributed by atoms with van der Waals surface area (Å²) < 4.78 is 5.40. The van der Waals surface area contributed by atoms with Crippen molar-refractivity contribution in [2.45, 2.75) is 38.6 Å². The third kappa shape index (κ3) is 3.44. The van der Waals surface area contributed by atoms with Crippen LogP contribution in [0.5, 0.6) is 0 Å². The smallest absolute Gasteiger partial charge is 0.0594 e. The third-order valence-electron chi connectivity index (χ3n) is 3.99. The average molecular weight is 226 g/mol. The molecule has 3 nitrogen and oxygen atoms in total. The number of hydrogen-bond acceptors (Lipinski definition) is 3. The number of rotatable bonds is 5. The van der Waals surface area contributed by atoms with Crippen LogP contribution in [0.4, 0.5) is 0 Å². The van der Waals surface area contributed by atoms with Gasteiger partial charge in [0.2, 0.25) is 0 Å². The summed E-state index contributed by atoms with van der Waals surface area (Å²) in [4.78, 5) is 2.56. The van der Waals surface area contributed by atoms with Crippen molar-refractivity contribution in [1.82, 2.24) is 10.2 Å². The molecule has 0 aromatic rings. The van der Waals surface area contributed by atoms with Crippen LogP contribution in [-0.4, -0.2) is 50.3 Å². The second-order valence-electron chi connectivity index (χ2n) is 5.12. The number of likely N-dealkylation sites (N-methyl/N-ethyl adjacent to an activating group) is 1. The number of morpholine rings is 1. The Morgan fingerprint density at radius 1 is 1.25 bits per heavy atom. The van der Waals surface area contributed by atoms with E-state index in [1.807, 2.05) is 0 Å². The first-order valence-electron chi connectivity index (χ1n) is 6.93. The summed E-state index contributed by atoms with van der Waals surface area (Å²) in [7, 11) is 0. The largest absolute Gasteiger partial charge is 0.379 e. The van der Waals surface area contributed by atoms with E-state index in [1.165, 1.54) is 32.2 Å². The van der Waals surface area contributed by atoms with Crippen molar-refractivity contribution in [2.24, 2.45) is 5.92 Å². The van der Waals surface area contributed by atoms with Gasteiger partial charge in [-0.25, -0.2) is 0 Å². The van der Waals surface area contributed by atoms with E-state index < -0.39 is 0 Å². The van der Waals surface area contributed by atoms with Gasteiger partial charge < -0.3 is 10.1 Å². The zero-order chi connectivity index (χ0) is 11.2. The van der Waals surface area contributed by atoms with E-state index in [0.29, 0.717) is 6.04 Å². The monoisotopic (exact) mass is 226 g/mol. The van der Waals surface area contributed by atoms with Crippen LogP contribution < -0.4 is 5.32 Å². The molecule has 1 atom stereocenters. The molecule has 0 amide bonds. The highest BCUT2D eigenvalue weighted by atomic mass is 16.5. The average Bonchev–Trinajstić information content (AvgIpc) is 2.83. The summed E-state index contributed by atoms with van der Waals surface area (Å²) in [6.07, 6.45) is 5.75. The molecule has 1 aliphatic heterocycles. The van der Waals surface area contributed by atoms with Gasteiger partial charge in [0.05, 0.1) is 13.2 Å². The molecule has 0 bridgehead atoms. The van der Waals surface area contributed by atoms with E-state index in [9.17, 15) is 0 Å². The van der Waals surface area contributed by atoms with Gasteiger partial charge in [-0.05, 0) is 25.3 Å². The molecule has 2 fully saturated rings. The standard InChI is InChI=1S/C13H26N2O/c1-2-14-13(12-5-3-4-6-12)11-15-7-9-16-10-8-15/h12-14H,2-11H2,1H3. The minimum Gasteiger partial charge on any atom is -0.379 e. The lowest BCUT2D eigenvalue weighted by Crippen LogP contribution is -2.48. The van der Waals surface area contributed by atoms with Crippen molar-refractivity contribution >= 4 is 0 Å². The SMILES string of the molecule is CCNC(CN1CCOCC1)C1CCCC1. The number of ether oxygens (including phenoxy) is 1. The molecular weight excluding hydrogens is 200 g/mol. The Kier molecular flexibility index (Phi) is 5.07. The molecule has 2 rings (SSSR count). The molecule has 0 spiro atoms. The summed E-state index contributed by atoms with van der Waals surface area (Å²) in [6.45, 7) is 8.63. The minimum absolute atomic E-state index is 0.714. The Morgan fingerprint density at radius 3 is 2.56 bits per heavy atom. The minimum atomic E-state index is 0.714. The Bertz CT molecular complexity index is 186. The van der Waals surface area contributed by atoms with Gasteiger partial charge in [-0.2, -0.15) is 0 Å². The Labute approximate surface area is 99.5 Å². The van der Waals surface area contributed by atoms with Crippen molar-refractivity contribution in [3.05, 3.63) is 0 Å². The maximum Gasteiger partial charge on any atom is 0.0594 e. The fourth-order valence-corrected chi connectivity index (χ4v) is 3.06. The molecule has 1 unspecified atom stereocenters. The molecule has 3 heteroatoms. The Hall–Kier alpha value is -0.120. The van der Waals surface area contributed by atoms with Gasteiger partial charge in [-0.3, -0.25) is 4.90 Å². The van der Waals surface area contributed by atoms with Crippen LogP contribution in [0.25, 0.3) is 0 Å². The van der Waals surface area contributed by atoms with Crippen LogP contribution in [-0.2, 0) is 4.74 Å². The predicted octanol–water partition coefficient (Wildman–Crippen LogP) is 1.49. The quantitative estimate of drug-likeness (QED) is 0.768. The van der Waals surface area contributed by atoms with E-state index >= 15 is 0 Å². The third-order valence-corrected chi connectivity index (χ3v) is 3.99. The first kappa shape index (κ1) is 12.3. The lowest BCUT2D eigenvalue weighted by Gasteiger charge is -2.33. The summed E-state index contributed by atoms with van der Waals surface area (Å²) in [5, 5.41) is 3.69. The maximum atomic E-state index is 5.40. The van der Waals surface area contributed by atoms with Crippen LogP contribution >= 0.6 is 0 Å². The zero-order valence-corrected chi connectivity index (χ0v) is 10.6. The molecule has 0 aromatic heterocycles. The van der Waals surface area contributed by atoms with E-state index in [1.54, 1.807) is 0 Å². The van der Waals surface area contributed by atoms with Crippen LogP contribution in [0.1, 0.15) is 32.6 Å². The zero-order valence-electron chi connectivity index (χ0n) is 10.6. The molecule has 1 saturated carbocycles. The van der Waals surface area contributed by atoms with Gasteiger partial charge in [0.25, 0.3) is 0 Å². The Morgan fingerprint density at radius 2 is 1.94 bits per heavy atom. The van der Waals surface area contributed by atoms with E-state index in [0.717, 1.165) is 38.8 Å². The molecule has 1 heterocycles. The van der Waals surface area contributed by atoms with Crippen LogP contribution in [0.2, 0.25) is 0 Å². The fraction of sp³-hybridized carbons (Fsp3) is 1.00. The van der Waals surface area contributed by atoms with Gasteiger partial charge in [0.15, 0.2) is 0 Å². The van der Waals surface area contributed by atoms with Crippen molar-refractivity contribution in [3.63, 3.8) is 0 Å². The second kappa shape index (κ2) is 6.58. The van der Waals surface area contributed by atoms with Crippen LogP contribution in [0.15, 0.2) is 0 Å². The molecule has 1 aliphatic carbocycles. The molecule has 16 heavy (non-hydrogen) atoms. The Balaban J connectivity index is 1.80. The van der Waals surface area contributed by atoms with Crippen molar-refractivity contribution < 1.29 is 4.74 Å². The van der Waals surface area contributed by atoms with E-state index in [4.69, 9.17) is 4.74 Å². The van der Waals surface area contributed by atoms with Crippen molar-refractivity contribution in [2.75, 3.05) is 39.4 Å². The van der Waals surface area contributed by atoms with Crippen molar-refractivity contribution in [3.8, 4) is 0 Å². The molecule has 1 saturated heterocycles. The predicted molar refractivity (Wildman–Crippen MR) is 66.7 cm³/mol. The highest BCUT2D eigenvalue weighted by molar-refractivity contribution is 4.83. The van der Waals surface area contributed by atoms with E-state index in [2.05, 4.69) is 17.1 Å². The highest BCUT2D eigenvalue weighted by Crippen LogP contribution is 2.28. The number of nitrogens with one attached hydrogen (secondary N) is 1. The molecule has 1 N–H and O–H groups in total. The summed E-state index contributed by atoms with van der Waals surface area (Å²) >= 11 is 0. The first-order chi connectivity index (χ1) is 7.90. The summed E-state index contributed by atoms with van der Waals surface area (Å²) in [5.41, 5.74) is 0. The van der Waals surface area contributed by atoms with Crippen molar-refractivity contribution in [1.29, 1.82) is 0 Å². The molecule has 0 radical (unpaired) electrons. The fourth-order valence-electron chi connectivity index (χ4n) is 3.06. The van der Waals surface area contributed by atoms with Gasteiger partial charge in [-0.15, -0.1) is 0 Å². The number of nitrogens with zero attached hydrogens (tertiary/aromatic N) is 1. The lowest BCUT2D eigenvalue weighted by molar-refractivity contribution is 0.0303. The van der Waals surface area contributed by atoms with Gasteiger partial charge in [0.1, 0.15) is 0 Å². The van der Waals surface area contributed by atoms with Gasteiger partial charge in [0, 0.05) is 25.7 Å². The topological polar surface area (TPSA) is 24.5 Å². The molecule has 0 aromatic carbocycles. The van der Waals surface area contributed by atoms with Gasteiger partial charge in [-0.1, -0.05) is 19.8 Å². The highest BCUT2D eigenvalue weighted by Gasteiger charge is 2.26. The summed E-state index contributed by atoms with van der Waals surface area (Å²) in [6, 6.07) is 0.714. The first-order valence-corrected chi connectivity index (χ1v) is 6.93.